The van der Waals surface area contributed by atoms with Gasteiger partial charge in [-0.25, -0.2) is 0 Å². The fraction of sp³-hybridized carbons (Fsp3) is 0.800. The maximum atomic E-state index is 11.7. The van der Waals surface area contributed by atoms with Crippen LogP contribution in [0.15, 0.2) is 11.1 Å². The zero-order chi connectivity index (χ0) is 12.2. The molecule has 0 spiro atoms. The SMILES string of the molecule is CC1=C2CC[C@@H](C)[C@H]2C[C@@H]2[C@@H](C1)OC(=O)[C@@H]2C. The van der Waals surface area contributed by atoms with E-state index < -0.39 is 0 Å². The van der Waals surface area contributed by atoms with Gasteiger partial charge in [-0.2, -0.15) is 0 Å². The summed E-state index contributed by atoms with van der Waals surface area (Å²) < 4.78 is 5.56. The van der Waals surface area contributed by atoms with Gasteiger partial charge in [0.1, 0.15) is 6.10 Å². The third-order valence-electron chi connectivity index (χ3n) is 5.34. The van der Waals surface area contributed by atoms with Gasteiger partial charge in [-0.05, 0) is 38.0 Å². The molecule has 1 heterocycles. The predicted molar refractivity (Wildman–Crippen MR) is 66.4 cm³/mol. The highest BCUT2D eigenvalue weighted by atomic mass is 16.6. The number of esters is 1. The number of allylic oxidation sites excluding steroid dienone is 1. The minimum absolute atomic E-state index is 0.0295. The molecule has 1 saturated carbocycles. The van der Waals surface area contributed by atoms with Gasteiger partial charge in [0.15, 0.2) is 0 Å². The van der Waals surface area contributed by atoms with E-state index in [0.717, 1.165) is 18.3 Å². The molecule has 3 rings (SSSR count). The van der Waals surface area contributed by atoms with Gasteiger partial charge in [0.2, 0.25) is 0 Å². The van der Waals surface area contributed by atoms with Gasteiger partial charge in [-0.15, -0.1) is 0 Å². The highest BCUT2D eigenvalue weighted by Crippen LogP contribution is 2.49. The zero-order valence-corrected chi connectivity index (χ0v) is 11.0. The summed E-state index contributed by atoms with van der Waals surface area (Å²) in [5.74, 6) is 2.12. The second-order valence-corrected chi connectivity index (χ2v) is 6.30. The Morgan fingerprint density at radius 3 is 2.82 bits per heavy atom. The topological polar surface area (TPSA) is 26.3 Å². The van der Waals surface area contributed by atoms with Crippen LogP contribution in [-0.2, 0) is 9.53 Å². The quantitative estimate of drug-likeness (QED) is 0.475. The molecule has 2 aliphatic carbocycles. The van der Waals surface area contributed by atoms with E-state index in [9.17, 15) is 4.79 Å². The summed E-state index contributed by atoms with van der Waals surface area (Å²) in [5, 5.41) is 0. The van der Waals surface area contributed by atoms with Crippen LogP contribution in [0.4, 0.5) is 0 Å². The molecular formula is C15H22O2. The van der Waals surface area contributed by atoms with E-state index in [4.69, 9.17) is 4.74 Å². The molecule has 2 heteroatoms. The number of hydrogen-bond donors (Lipinski definition) is 0. The van der Waals surface area contributed by atoms with Crippen LogP contribution >= 0.6 is 0 Å². The highest BCUT2D eigenvalue weighted by molar-refractivity contribution is 5.75. The molecular weight excluding hydrogens is 212 g/mol. The van der Waals surface area contributed by atoms with Crippen molar-refractivity contribution in [3.05, 3.63) is 11.1 Å². The molecule has 0 unspecified atom stereocenters. The van der Waals surface area contributed by atoms with E-state index in [-0.39, 0.29) is 18.0 Å². The van der Waals surface area contributed by atoms with Crippen LogP contribution in [0.3, 0.4) is 0 Å². The van der Waals surface area contributed by atoms with Crippen molar-refractivity contribution < 1.29 is 9.53 Å². The minimum atomic E-state index is 0.0295. The summed E-state index contributed by atoms with van der Waals surface area (Å²) in [6.07, 6.45) is 4.94. The lowest BCUT2D eigenvalue weighted by Crippen LogP contribution is -2.21. The first-order valence-corrected chi connectivity index (χ1v) is 6.97. The molecule has 3 aliphatic rings. The molecule has 0 aromatic rings. The molecule has 0 aromatic heterocycles. The normalized spacial score (nSPS) is 45.4. The van der Waals surface area contributed by atoms with E-state index in [2.05, 4.69) is 13.8 Å². The number of ether oxygens (including phenoxy) is 1. The van der Waals surface area contributed by atoms with E-state index in [1.165, 1.54) is 24.8 Å². The number of fused-ring (bicyclic) bond motifs is 2. The number of hydrogen-bond acceptors (Lipinski definition) is 2. The van der Waals surface area contributed by atoms with Crippen molar-refractivity contribution in [3.8, 4) is 0 Å². The van der Waals surface area contributed by atoms with Crippen molar-refractivity contribution in [2.45, 2.75) is 52.6 Å². The molecule has 0 aromatic carbocycles. The summed E-state index contributed by atoms with van der Waals surface area (Å²) in [6, 6.07) is 0. The molecule has 94 valence electrons. The van der Waals surface area contributed by atoms with Crippen LogP contribution < -0.4 is 0 Å². The Labute approximate surface area is 103 Å². The van der Waals surface area contributed by atoms with E-state index in [1.807, 2.05) is 6.92 Å². The maximum absolute atomic E-state index is 11.7. The molecule has 1 aliphatic heterocycles. The Hall–Kier alpha value is -0.790. The Morgan fingerprint density at radius 2 is 2.06 bits per heavy atom. The first-order chi connectivity index (χ1) is 8.08. The number of carbonyl (C=O) groups is 1. The van der Waals surface area contributed by atoms with E-state index in [1.54, 1.807) is 5.57 Å². The van der Waals surface area contributed by atoms with Gasteiger partial charge < -0.3 is 4.74 Å². The largest absolute Gasteiger partial charge is 0.461 e. The van der Waals surface area contributed by atoms with Crippen molar-refractivity contribution in [1.82, 2.24) is 0 Å². The molecule has 0 bridgehead atoms. The average molecular weight is 234 g/mol. The van der Waals surface area contributed by atoms with Crippen LogP contribution in [0.25, 0.3) is 0 Å². The first-order valence-electron chi connectivity index (χ1n) is 6.97. The average Bonchev–Trinajstić information content (AvgIpc) is 2.71. The van der Waals surface area contributed by atoms with Crippen LogP contribution in [0.1, 0.15) is 46.5 Å². The lowest BCUT2D eigenvalue weighted by Gasteiger charge is -2.22. The summed E-state index contributed by atoms with van der Waals surface area (Å²) in [7, 11) is 0. The molecule has 2 fully saturated rings. The van der Waals surface area contributed by atoms with Crippen molar-refractivity contribution in [2.75, 3.05) is 0 Å². The Balaban J connectivity index is 1.93. The van der Waals surface area contributed by atoms with E-state index in [0.29, 0.717) is 5.92 Å². The summed E-state index contributed by atoms with van der Waals surface area (Å²) >= 11 is 0. The third kappa shape index (κ3) is 1.64. The molecule has 0 radical (unpaired) electrons. The fourth-order valence-electron chi connectivity index (χ4n) is 4.13. The van der Waals surface area contributed by atoms with Crippen molar-refractivity contribution >= 4 is 5.97 Å². The lowest BCUT2D eigenvalue weighted by molar-refractivity contribution is -0.143. The molecule has 2 nitrogen and oxygen atoms in total. The Kier molecular flexibility index (Phi) is 2.57. The standard InChI is InChI=1S/C15H22O2/c1-8-4-5-11-9(2)6-14-13(7-12(8)11)10(3)15(16)17-14/h8,10,12-14H,4-7H2,1-3H3/t8-,10-,12-,13+,14-/m1/s1. The smallest absolute Gasteiger partial charge is 0.309 e. The van der Waals surface area contributed by atoms with Crippen LogP contribution in [-0.4, -0.2) is 12.1 Å². The van der Waals surface area contributed by atoms with Gasteiger partial charge in [-0.3, -0.25) is 4.79 Å². The lowest BCUT2D eigenvalue weighted by atomic mass is 9.81. The Morgan fingerprint density at radius 1 is 1.29 bits per heavy atom. The van der Waals surface area contributed by atoms with Gasteiger partial charge in [-0.1, -0.05) is 25.0 Å². The third-order valence-corrected chi connectivity index (χ3v) is 5.34. The van der Waals surface area contributed by atoms with Gasteiger partial charge in [0, 0.05) is 12.3 Å². The fourth-order valence-corrected chi connectivity index (χ4v) is 4.13. The summed E-state index contributed by atoms with van der Waals surface area (Å²) in [5.41, 5.74) is 3.20. The van der Waals surface area contributed by atoms with Crippen molar-refractivity contribution in [1.29, 1.82) is 0 Å². The van der Waals surface area contributed by atoms with Crippen LogP contribution in [0.5, 0.6) is 0 Å². The van der Waals surface area contributed by atoms with Crippen molar-refractivity contribution in [3.63, 3.8) is 0 Å². The molecule has 17 heavy (non-hydrogen) atoms. The van der Waals surface area contributed by atoms with Crippen LogP contribution in [0, 0.1) is 23.7 Å². The highest BCUT2D eigenvalue weighted by Gasteiger charge is 2.46. The molecule has 0 N–H and O–H groups in total. The number of carbonyl (C=O) groups excluding carboxylic acids is 1. The minimum Gasteiger partial charge on any atom is -0.461 e. The second kappa shape index (κ2) is 3.86. The number of rotatable bonds is 0. The zero-order valence-electron chi connectivity index (χ0n) is 11.0. The summed E-state index contributed by atoms with van der Waals surface area (Å²) in [6.45, 7) is 6.67. The molecule has 1 saturated heterocycles. The van der Waals surface area contributed by atoms with Crippen LogP contribution in [0.2, 0.25) is 0 Å². The summed E-state index contributed by atoms with van der Waals surface area (Å²) in [4.78, 5) is 11.7. The van der Waals surface area contributed by atoms with Gasteiger partial charge >= 0.3 is 5.97 Å². The van der Waals surface area contributed by atoms with E-state index >= 15 is 0 Å². The monoisotopic (exact) mass is 234 g/mol. The molecule has 5 atom stereocenters. The Bertz CT molecular complexity index is 382. The van der Waals surface area contributed by atoms with Gasteiger partial charge in [0.05, 0.1) is 5.92 Å². The second-order valence-electron chi connectivity index (χ2n) is 6.30. The predicted octanol–water partition coefficient (Wildman–Crippen LogP) is 3.32. The molecule has 0 amide bonds. The van der Waals surface area contributed by atoms with Gasteiger partial charge in [0.25, 0.3) is 0 Å². The van der Waals surface area contributed by atoms with Crippen molar-refractivity contribution in [2.24, 2.45) is 23.7 Å². The maximum Gasteiger partial charge on any atom is 0.309 e. The first kappa shape index (κ1) is 11.3.